The van der Waals surface area contributed by atoms with Crippen LogP contribution in [0.4, 0.5) is 4.39 Å². The van der Waals surface area contributed by atoms with E-state index in [9.17, 15) is 4.39 Å². The number of nitrogens with one attached hydrogen (secondary N) is 1. The normalized spacial score (nSPS) is 10.5. The summed E-state index contributed by atoms with van der Waals surface area (Å²) in [6.45, 7) is 4.99. The number of hydrogen-bond donors (Lipinski definition) is 1. The number of ether oxygens (including phenoxy) is 1. The van der Waals surface area contributed by atoms with Crippen LogP contribution >= 0.6 is 0 Å². The van der Waals surface area contributed by atoms with Crippen molar-refractivity contribution in [2.45, 2.75) is 32.6 Å². The van der Waals surface area contributed by atoms with Crippen molar-refractivity contribution in [3.63, 3.8) is 0 Å². The van der Waals surface area contributed by atoms with Gasteiger partial charge in [0.2, 0.25) is 0 Å². The van der Waals surface area contributed by atoms with Gasteiger partial charge in [0.25, 0.3) is 0 Å². The monoisotopic (exact) mass is 239 g/mol. The van der Waals surface area contributed by atoms with Crippen LogP contribution in [0.5, 0.6) is 5.75 Å². The predicted molar refractivity (Wildman–Crippen MR) is 68.9 cm³/mol. The Morgan fingerprint density at radius 3 is 2.47 bits per heavy atom. The van der Waals surface area contributed by atoms with Gasteiger partial charge in [0, 0.05) is 0 Å². The van der Waals surface area contributed by atoms with Crippen molar-refractivity contribution in [2.75, 3.05) is 19.7 Å². The lowest BCUT2D eigenvalue weighted by Gasteiger charge is -2.06. The highest BCUT2D eigenvalue weighted by Crippen LogP contribution is 2.11. The van der Waals surface area contributed by atoms with E-state index in [-0.39, 0.29) is 5.82 Å². The molecule has 0 heterocycles. The Hall–Kier alpha value is -1.09. The molecule has 2 nitrogen and oxygen atoms in total. The van der Waals surface area contributed by atoms with Gasteiger partial charge in [0.1, 0.15) is 11.6 Å². The van der Waals surface area contributed by atoms with Gasteiger partial charge >= 0.3 is 0 Å². The molecule has 0 aromatic heterocycles. The molecule has 0 spiro atoms. The highest BCUT2D eigenvalue weighted by atomic mass is 19.1. The molecule has 3 heteroatoms. The zero-order valence-corrected chi connectivity index (χ0v) is 10.5. The van der Waals surface area contributed by atoms with Crippen LogP contribution in [0.25, 0.3) is 0 Å². The van der Waals surface area contributed by atoms with Crippen LogP contribution < -0.4 is 10.1 Å². The Morgan fingerprint density at radius 2 is 1.76 bits per heavy atom. The summed E-state index contributed by atoms with van der Waals surface area (Å²) in [5.41, 5.74) is 0. The van der Waals surface area contributed by atoms with Crippen molar-refractivity contribution < 1.29 is 9.13 Å². The second-order valence-corrected chi connectivity index (χ2v) is 4.07. The van der Waals surface area contributed by atoms with E-state index in [0.29, 0.717) is 6.61 Å². The zero-order valence-electron chi connectivity index (χ0n) is 10.5. The van der Waals surface area contributed by atoms with Gasteiger partial charge in [-0.05, 0) is 50.2 Å². The molecule has 0 aliphatic carbocycles. The number of hydrogen-bond acceptors (Lipinski definition) is 2. The molecule has 0 atom stereocenters. The molecular formula is C14H22FNO. The van der Waals surface area contributed by atoms with Crippen LogP contribution in [0.15, 0.2) is 24.3 Å². The summed E-state index contributed by atoms with van der Waals surface area (Å²) in [6, 6.07) is 6.18. The van der Waals surface area contributed by atoms with E-state index in [4.69, 9.17) is 4.74 Å². The van der Waals surface area contributed by atoms with Crippen LogP contribution in [0, 0.1) is 5.82 Å². The molecule has 1 aromatic carbocycles. The highest BCUT2D eigenvalue weighted by molar-refractivity contribution is 5.21. The van der Waals surface area contributed by atoms with Crippen molar-refractivity contribution in [2.24, 2.45) is 0 Å². The molecule has 0 amide bonds. The van der Waals surface area contributed by atoms with Crippen LogP contribution in [-0.4, -0.2) is 19.7 Å². The quantitative estimate of drug-likeness (QED) is 0.667. The number of unbranched alkanes of at least 4 members (excludes halogenated alkanes) is 3. The molecule has 0 saturated carbocycles. The first-order valence-electron chi connectivity index (χ1n) is 6.42. The molecule has 1 N–H and O–H groups in total. The van der Waals surface area contributed by atoms with Gasteiger partial charge in [-0.1, -0.05) is 19.8 Å². The summed E-state index contributed by atoms with van der Waals surface area (Å²) in [5, 5.41) is 3.30. The van der Waals surface area contributed by atoms with Crippen LogP contribution in [0.3, 0.4) is 0 Å². The summed E-state index contributed by atoms with van der Waals surface area (Å²) in [4.78, 5) is 0. The van der Waals surface area contributed by atoms with Gasteiger partial charge in [-0.2, -0.15) is 0 Å². The van der Waals surface area contributed by atoms with E-state index in [0.717, 1.165) is 25.3 Å². The minimum absolute atomic E-state index is 0.222. The van der Waals surface area contributed by atoms with Crippen molar-refractivity contribution in [3.8, 4) is 5.75 Å². The Bertz CT molecular complexity index is 287. The fourth-order valence-electron chi connectivity index (χ4n) is 1.60. The van der Waals surface area contributed by atoms with Gasteiger partial charge in [-0.25, -0.2) is 4.39 Å². The summed E-state index contributed by atoms with van der Waals surface area (Å²) in [5.74, 6) is 0.528. The smallest absolute Gasteiger partial charge is 0.123 e. The summed E-state index contributed by atoms with van der Waals surface area (Å²) < 4.78 is 18.1. The van der Waals surface area contributed by atoms with E-state index in [2.05, 4.69) is 12.2 Å². The Kier molecular flexibility index (Phi) is 7.39. The van der Waals surface area contributed by atoms with Crippen molar-refractivity contribution >= 4 is 0 Å². The molecule has 1 rings (SSSR count). The summed E-state index contributed by atoms with van der Waals surface area (Å²) in [7, 11) is 0. The number of benzene rings is 1. The molecule has 0 bridgehead atoms. The summed E-state index contributed by atoms with van der Waals surface area (Å²) >= 11 is 0. The van der Waals surface area contributed by atoms with E-state index in [1.54, 1.807) is 12.1 Å². The van der Waals surface area contributed by atoms with Crippen LogP contribution in [-0.2, 0) is 0 Å². The minimum Gasteiger partial charge on any atom is -0.494 e. The summed E-state index contributed by atoms with van der Waals surface area (Å²) in [6.07, 6.45) is 4.71. The average molecular weight is 239 g/mol. The topological polar surface area (TPSA) is 21.3 Å². The number of rotatable bonds is 9. The SMILES string of the molecule is CCNCCCCCCOc1ccc(F)cc1. The molecule has 96 valence electrons. The lowest BCUT2D eigenvalue weighted by Crippen LogP contribution is -2.13. The third-order valence-corrected chi connectivity index (χ3v) is 2.58. The highest BCUT2D eigenvalue weighted by Gasteiger charge is 1.95. The van der Waals surface area contributed by atoms with Gasteiger partial charge in [0.15, 0.2) is 0 Å². The second-order valence-electron chi connectivity index (χ2n) is 4.07. The molecule has 0 saturated heterocycles. The first kappa shape index (κ1) is 14.0. The van der Waals surface area contributed by atoms with Crippen molar-refractivity contribution in [1.82, 2.24) is 5.32 Å². The maximum atomic E-state index is 12.6. The van der Waals surface area contributed by atoms with E-state index >= 15 is 0 Å². The molecular weight excluding hydrogens is 217 g/mol. The lowest BCUT2D eigenvalue weighted by molar-refractivity contribution is 0.304. The first-order valence-corrected chi connectivity index (χ1v) is 6.42. The Balaban J connectivity index is 1.95. The van der Waals surface area contributed by atoms with Crippen LogP contribution in [0.1, 0.15) is 32.6 Å². The third kappa shape index (κ3) is 6.95. The van der Waals surface area contributed by atoms with E-state index < -0.39 is 0 Å². The van der Waals surface area contributed by atoms with E-state index in [1.807, 2.05) is 0 Å². The fourth-order valence-corrected chi connectivity index (χ4v) is 1.60. The second kappa shape index (κ2) is 8.99. The largest absolute Gasteiger partial charge is 0.494 e. The van der Waals surface area contributed by atoms with Crippen molar-refractivity contribution in [3.05, 3.63) is 30.1 Å². The molecule has 17 heavy (non-hydrogen) atoms. The Labute approximate surface area is 103 Å². The van der Waals surface area contributed by atoms with Gasteiger partial charge < -0.3 is 10.1 Å². The zero-order chi connectivity index (χ0) is 12.3. The van der Waals surface area contributed by atoms with E-state index in [1.165, 1.54) is 31.4 Å². The first-order chi connectivity index (χ1) is 8.33. The molecule has 0 aliphatic rings. The third-order valence-electron chi connectivity index (χ3n) is 2.58. The predicted octanol–water partition coefficient (Wildman–Crippen LogP) is 3.37. The maximum Gasteiger partial charge on any atom is 0.123 e. The molecule has 0 unspecified atom stereocenters. The Morgan fingerprint density at radius 1 is 1.06 bits per heavy atom. The molecule has 0 radical (unpaired) electrons. The maximum absolute atomic E-state index is 12.6. The average Bonchev–Trinajstić information content (AvgIpc) is 2.35. The molecule has 1 aromatic rings. The number of halogens is 1. The van der Waals surface area contributed by atoms with Gasteiger partial charge in [-0.15, -0.1) is 0 Å². The van der Waals surface area contributed by atoms with Gasteiger partial charge in [-0.3, -0.25) is 0 Å². The minimum atomic E-state index is -0.222. The standard InChI is InChI=1S/C14H22FNO/c1-2-16-11-5-3-4-6-12-17-14-9-7-13(15)8-10-14/h7-10,16H,2-6,11-12H2,1H3. The van der Waals surface area contributed by atoms with Gasteiger partial charge in [0.05, 0.1) is 6.61 Å². The van der Waals surface area contributed by atoms with Crippen LogP contribution in [0.2, 0.25) is 0 Å². The van der Waals surface area contributed by atoms with Crippen molar-refractivity contribution in [1.29, 1.82) is 0 Å². The fraction of sp³-hybridized carbons (Fsp3) is 0.571. The molecule has 0 aliphatic heterocycles. The molecule has 0 fully saturated rings. The lowest BCUT2D eigenvalue weighted by atomic mass is 10.2.